The summed E-state index contributed by atoms with van der Waals surface area (Å²) < 4.78 is 11.1. The molecule has 198 valence electrons. The molecule has 0 aliphatic heterocycles. The van der Waals surface area contributed by atoms with Crippen LogP contribution in [0.5, 0.6) is 0 Å². The second kappa shape index (κ2) is 8.60. The minimum absolute atomic E-state index is 0.491. The Bertz CT molecular complexity index is 2650. The first-order valence-electron chi connectivity index (χ1n) is 14.1. The molecular weight excluding hydrogens is 528 g/mol. The SMILES string of the molecule is N#Cc1ccc(C#N)c(-n2c3cccc(-n4c5ccccc5c5ccccc54)c3c3c4oc5ccccc5c4ccc32)c1. The van der Waals surface area contributed by atoms with Gasteiger partial charge >= 0.3 is 0 Å². The minimum atomic E-state index is 0.491. The summed E-state index contributed by atoms with van der Waals surface area (Å²) in [6.45, 7) is 0. The molecule has 0 bridgehead atoms. The van der Waals surface area contributed by atoms with Gasteiger partial charge in [0.15, 0.2) is 0 Å². The Morgan fingerprint density at radius 1 is 0.488 bits per heavy atom. The summed E-state index contributed by atoms with van der Waals surface area (Å²) in [7, 11) is 0. The van der Waals surface area contributed by atoms with Crippen molar-refractivity contribution in [1.29, 1.82) is 10.5 Å². The van der Waals surface area contributed by atoms with Crippen LogP contribution in [0.1, 0.15) is 11.1 Å². The van der Waals surface area contributed by atoms with Crippen molar-refractivity contribution in [1.82, 2.24) is 9.13 Å². The van der Waals surface area contributed by atoms with Gasteiger partial charge < -0.3 is 13.6 Å². The summed E-state index contributed by atoms with van der Waals surface area (Å²) in [4.78, 5) is 0. The Balaban J connectivity index is 1.55. The molecule has 43 heavy (non-hydrogen) atoms. The van der Waals surface area contributed by atoms with Crippen LogP contribution in [-0.2, 0) is 0 Å². The van der Waals surface area contributed by atoms with Crippen molar-refractivity contribution in [2.45, 2.75) is 0 Å². The average Bonchev–Trinajstić information content (AvgIpc) is 3.72. The maximum Gasteiger partial charge on any atom is 0.145 e. The van der Waals surface area contributed by atoms with Crippen molar-refractivity contribution >= 4 is 65.6 Å². The van der Waals surface area contributed by atoms with Crippen molar-refractivity contribution in [2.75, 3.05) is 0 Å². The highest BCUT2D eigenvalue weighted by atomic mass is 16.3. The van der Waals surface area contributed by atoms with Crippen LogP contribution in [0.4, 0.5) is 0 Å². The zero-order chi connectivity index (χ0) is 28.7. The van der Waals surface area contributed by atoms with Crippen molar-refractivity contribution < 1.29 is 4.42 Å². The van der Waals surface area contributed by atoms with Crippen molar-refractivity contribution in [3.05, 3.63) is 132 Å². The van der Waals surface area contributed by atoms with Gasteiger partial charge in [0, 0.05) is 26.9 Å². The lowest BCUT2D eigenvalue weighted by Gasteiger charge is -2.12. The Hall–Kier alpha value is -6.30. The number of aromatic nitrogens is 2. The summed E-state index contributed by atoms with van der Waals surface area (Å²) in [5.74, 6) is 0. The van der Waals surface area contributed by atoms with Crippen LogP contribution < -0.4 is 0 Å². The van der Waals surface area contributed by atoms with Gasteiger partial charge in [0.05, 0.1) is 56.0 Å². The van der Waals surface area contributed by atoms with Gasteiger partial charge in [-0.1, -0.05) is 60.7 Å². The quantitative estimate of drug-likeness (QED) is 0.216. The Kier molecular flexibility index (Phi) is 4.68. The van der Waals surface area contributed by atoms with Gasteiger partial charge in [0.25, 0.3) is 0 Å². The molecule has 0 spiro atoms. The van der Waals surface area contributed by atoms with E-state index in [1.54, 1.807) is 18.2 Å². The summed E-state index contributed by atoms with van der Waals surface area (Å²) >= 11 is 0. The van der Waals surface area contributed by atoms with E-state index in [4.69, 9.17) is 4.42 Å². The van der Waals surface area contributed by atoms with Gasteiger partial charge in [-0.2, -0.15) is 10.5 Å². The molecule has 5 heteroatoms. The lowest BCUT2D eigenvalue weighted by Crippen LogP contribution is -1.99. The summed E-state index contributed by atoms with van der Waals surface area (Å²) in [5.41, 5.74) is 8.33. The number of hydrogen-bond donors (Lipinski definition) is 0. The summed E-state index contributed by atoms with van der Waals surface area (Å²) in [6.07, 6.45) is 0. The molecule has 5 nitrogen and oxygen atoms in total. The Morgan fingerprint density at radius 3 is 1.88 bits per heavy atom. The zero-order valence-electron chi connectivity index (χ0n) is 22.7. The number of para-hydroxylation sites is 3. The molecule has 3 aromatic heterocycles. The molecule has 6 aromatic carbocycles. The van der Waals surface area contributed by atoms with E-state index in [0.717, 1.165) is 60.5 Å². The molecule has 9 aromatic rings. The van der Waals surface area contributed by atoms with Gasteiger partial charge in [-0.15, -0.1) is 0 Å². The van der Waals surface area contributed by atoms with E-state index in [1.807, 2.05) is 18.2 Å². The summed E-state index contributed by atoms with van der Waals surface area (Å²) in [5, 5.41) is 26.4. The van der Waals surface area contributed by atoms with Crippen LogP contribution in [0.15, 0.2) is 126 Å². The highest BCUT2D eigenvalue weighted by Gasteiger charge is 2.24. The number of nitriles is 2. The fourth-order valence-corrected chi connectivity index (χ4v) is 6.82. The molecule has 0 saturated carbocycles. The smallest absolute Gasteiger partial charge is 0.145 e. The van der Waals surface area contributed by atoms with E-state index >= 15 is 0 Å². The van der Waals surface area contributed by atoms with E-state index in [-0.39, 0.29) is 0 Å². The third kappa shape index (κ3) is 3.08. The van der Waals surface area contributed by atoms with Gasteiger partial charge in [-0.3, -0.25) is 0 Å². The molecule has 0 atom stereocenters. The number of nitrogens with zero attached hydrogens (tertiary/aromatic N) is 4. The van der Waals surface area contributed by atoms with E-state index in [2.05, 4.69) is 106 Å². The number of benzene rings is 6. The van der Waals surface area contributed by atoms with E-state index in [1.165, 1.54) is 10.8 Å². The normalized spacial score (nSPS) is 11.7. The van der Waals surface area contributed by atoms with Gasteiger partial charge in [-0.05, 0) is 60.7 Å². The van der Waals surface area contributed by atoms with Gasteiger partial charge in [0.2, 0.25) is 0 Å². The van der Waals surface area contributed by atoms with Crippen LogP contribution in [-0.4, -0.2) is 9.13 Å². The molecule has 9 rings (SSSR count). The molecule has 0 N–H and O–H groups in total. The molecule has 0 amide bonds. The molecule has 3 heterocycles. The zero-order valence-corrected chi connectivity index (χ0v) is 22.7. The third-order valence-corrected chi connectivity index (χ3v) is 8.59. The van der Waals surface area contributed by atoms with Crippen molar-refractivity contribution in [2.24, 2.45) is 0 Å². The lowest BCUT2D eigenvalue weighted by molar-refractivity contribution is 0.673. The molecule has 0 fully saturated rings. The standard InChI is InChI=1S/C38H20N4O/c39-21-23-16-17-24(22-40)34(20-23)42-32-14-7-13-31(41-29-11-4-1-8-25(29)26-9-2-5-12-30(26)41)36(32)37-33(42)19-18-28-27-10-3-6-15-35(27)43-38(28)37/h1-20H. The topological polar surface area (TPSA) is 70.6 Å². The predicted molar refractivity (Wildman–Crippen MR) is 172 cm³/mol. The largest absolute Gasteiger partial charge is 0.455 e. The van der Waals surface area contributed by atoms with Crippen LogP contribution in [0.2, 0.25) is 0 Å². The second-order valence-corrected chi connectivity index (χ2v) is 10.8. The molecular formula is C38H20N4O. The van der Waals surface area contributed by atoms with Gasteiger partial charge in [-0.25, -0.2) is 0 Å². The third-order valence-electron chi connectivity index (χ3n) is 8.59. The molecule has 0 radical (unpaired) electrons. The first-order chi connectivity index (χ1) is 21.3. The second-order valence-electron chi connectivity index (χ2n) is 10.8. The maximum absolute atomic E-state index is 10.2. The van der Waals surface area contributed by atoms with E-state index in [9.17, 15) is 10.5 Å². The Labute approximate surface area is 245 Å². The van der Waals surface area contributed by atoms with Crippen LogP contribution >= 0.6 is 0 Å². The fourth-order valence-electron chi connectivity index (χ4n) is 6.82. The highest BCUT2D eigenvalue weighted by molar-refractivity contribution is 6.26. The molecule has 0 saturated heterocycles. The highest BCUT2D eigenvalue weighted by Crippen LogP contribution is 2.44. The maximum atomic E-state index is 10.2. The molecule has 0 aliphatic carbocycles. The average molecular weight is 549 g/mol. The van der Waals surface area contributed by atoms with Crippen LogP contribution in [0.25, 0.3) is 76.9 Å². The van der Waals surface area contributed by atoms with E-state index < -0.39 is 0 Å². The van der Waals surface area contributed by atoms with Crippen LogP contribution in [0, 0.1) is 22.7 Å². The first-order valence-corrected chi connectivity index (χ1v) is 14.1. The minimum Gasteiger partial charge on any atom is -0.455 e. The summed E-state index contributed by atoms with van der Waals surface area (Å²) in [6, 6.07) is 45.4. The van der Waals surface area contributed by atoms with Crippen molar-refractivity contribution in [3.63, 3.8) is 0 Å². The Morgan fingerprint density at radius 2 is 1.14 bits per heavy atom. The number of furan rings is 1. The fraction of sp³-hybridized carbons (Fsp3) is 0. The van der Waals surface area contributed by atoms with Crippen LogP contribution in [0.3, 0.4) is 0 Å². The monoisotopic (exact) mass is 548 g/mol. The first kappa shape index (κ1) is 23.4. The number of rotatable bonds is 2. The van der Waals surface area contributed by atoms with Gasteiger partial charge in [0.1, 0.15) is 17.2 Å². The molecule has 0 aliphatic rings. The number of hydrogen-bond acceptors (Lipinski definition) is 3. The lowest BCUT2D eigenvalue weighted by atomic mass is 10.1. The van der Waals surface area contributed by atoms with Crippen molar-refractivity contribution in [3.8, 4) is 23.5 Å². The number of fused-ring (bicyclic) bond motifs is 10. The predicted octanol–water partition coefficient (Wildman–Crippen LogP) is 9.52. The van der Waals surface area contributed by atoms with E-state index in [0.29, 0.717) is 16.8 Å². The molecule has 0 unspecified atom stereocenters.